The first-order chi connectivity index (χ1) is 19.1. The second-order valence-corrected chi connectivity index (χ2v) is 11.3. The maximum atomic E-state index is 13.1. The van der Waals surface area contributed by atoms with Gasteiger partial charge in [-0.05, 0) is 43.5 Å². The molecule has 210 valence electrons. The third kappa shape index (κ3) is 6.18. The van der Waals surface area contributed by atoms with E-state index >= 15 is 0 Å². The number of β-amino-alcohol motifs (C(OH)–C–C–N with tert-alkyl or cyclic N) is 1. The van der Waals surface area contributed by atoms with Gasteiger partial charge in [0.25, 0.3) is 11.7 Å². The summed E-state index contributed by atoms with van der Waals surface area (Å²) in [6.07, 6.45) is 3.60. The zero-order chi connectivity index (χ0) is 28.4. The third-order valence-corrected chi connectivity index (χ3v) is 6.77. The first-order valence-corrected chi connectivity index (χ1v) is 13.4. The number of carbonyl (C=O) groups is 1. The van der Waals surface area contributed by atoms with E-state index in [2.05, 4.69) is 46.9 Å². The van der Waals surface area contributed by atoms with Crippen LogP contribution in [0.5, 0.6) is 0 Å². The Kier molecular flexibility index (Phi) is 7.63. The maximum absolute atomic E-state index is 13.1. The summed E-state index contributed by atoms with van der Waals surface area (Å²) < 4.78 is 5.33. The van der Waals surface area contributed by atoms with Crippen molar-refractivity contribution in [3.63, 3.8) is 0 Å². The van der Waals surface area contributed by atoms with E-state index in [0.29, 0.717) is 37.9 Å². The minimum atomic E-state index is -0.477. The fourth-order valence-electron chi connectivity index (χ4n) is 4.73. The Bertz CT molecular complexity index is 1490. The molecule has 0 saturated heterocycles. The number of H-pyrrole nitrogens is 1. The second kappa shape index (κ2) is 11.1. The molecule has 2 atom stereocenters. The quantitative estimate of drug-likeness (QED) is 0.270. The molecule has 1 aliphatic heterocycles. The van der Waals surface area contributed by atoms with Crippen molar-refractivity contribution in [2.24, 2.45) is 0 Å². The van der Waals surface area contributed by atoms with Crippen LogP contribution >= 0.6 is 0 Å². The first-order valence-electron chi connectivity index (χ1n) is 13.4. The maximum Gasteiger partial charge on any atom is 0.293 e. The molecule has 0 fully saturated rings. The van der Waals surface area contributed by atoms with Gasteiger partial charge in [0.2, 0.25) is 11.8 Å². The molecule has 1 unspecified atom stereocenters. The standard InChI is InChI=1S/C28H35N9O3/c1-16(38)14-37-11-9-22(31-25(39)24-34-26(40-36-24)28(3,4)5)20-7-6-18(12-19(20)15-37)21-8-10-29-27(32-21)33-23-13-30-35-17(23)2/h6-8,10,12-13,16,22,38H,9,11,14-15H2,1-5H3,(H,30,35)(H,31,39)(H,29,32,33)/t16-,22?/m1/s1. The van der Waals surface area contributed by atoms with Crippen LogP contribution in [0.3, 0.4) is 0 Å². The molecule has 3 aromatic heterocycles. The van der Waals surface area contributed by atoms with Crippen molar-refractivity contribution in [1.82, 2.24) is 40.5 Å². The average molecular weight is 546 g/mol. The van der Waals surface area contributed by atoms with Crippen molar-refractivity contribution in [2.45, 2.75) is 65.1 Å². The Labute approximate surface area is 232 Å². The number of amides is 1. The zero-order valence-corrected chi connectivity index (χ0v) is 23.4. The van der Waals surface area contributed by atoms with Gasteiger partial charge in [-0.2, -0.15) is 10.1 Å². The number of fused-ring (bicyclic) bond motifs is 1. The summed E-state index contributed by atoms with van der Waals surface area (Å²) in [5.74, 6) is 0.507. The summed E-state index contributed by atoms with van der Waals surface area (Å²) in [6, 6.07) is 7.73. The summed E-state index contributed by atoms with van der Waals surface area (Å²) in [5.41, 5.74) is 5.07. The molecule has 12 heteroatoms. The topological polar surface area (TPSA) is 158 Å². The van der Waals surface area contributed by atoms with Crippen LogP contribution in [-0.4, -0.2) is 65.4 Å². The van der Waals surface area contributed by atoms with Gasteiger partial charge in [-0.1, -0.05) is 38.1 Å². The molecule has 1 aliphatic rings. The number of rotatable bonds is 7. The van der Waals surface area contributed by atoms with Gasteiger partial charge in [0.05, 0.1) is 35.4 Å². The van der Waals surface area contributed by atoms with E-state index in [1.54, 1.807) is 19.3 Å². The van der Waals surface area contributed by atoms with Gasteiger partial charge in [0.1, 0.15) is 0 Å². The Morgan fingerprint density at radius 1 is 1.27 bits per heavy atom. The summed E-state index contributed by atoms with van der Waals surface area (Å²) in [7, 11) is 0. The number of carbonyl (C=O) groups excluding carboxylic acids is 1. The predicted molar refractivity (Wildman–Crippen MR) is 149 cm³/mol. The molecule has 0 radical (unpaired) electrons. The molecule has 4 N–H and O–H groups in total. The lowest BCUT2D eigenvalue weighted by molar-refractivity contribution is 0.0913. The predicted octanol–water partition coefficient (Wildman–Crippen LogP) is 3.66. The molecule has 40 heavy (non-hydrogen) atoms. The minimum Gasteiger partial charge on any atom is -0.392 e. The highest BCUT2D eigenvalue weighted by Gasteiger charge is 2.28. The number of aromatic amines is 1. The van der Waals surface area contributed by atoms with Crippen LogP contribution < -0.4 is 10.6 Å². The lowest BCUT2D eigenvalue weighted by Crippen LogP contribution is -2.33. The van der Waals surface area contributed by atoms with E-state index in [1.807, 2.05) is 45.9 Å². The van der Waals surface area contributed by atoms with Crippen LogP contribution in [0, 0.1) is 6.92 Å². The molecule has 0 bridgehead atoms. The zero-order valence-electron chi connectivity index (χ0n) is 23.4. The highest BCUT2D eigenvalue weighted by atomic mass is 16.5. The van der Waals surface area contributed by atoms with Crippen molar-refractivity contribution >= 4 is 17.5 Å². The summed E-state index contributed by atoms with van der Waals surface area (Å²) >= 11 is 0. The van der Waals surface area contributed by atoms with Crippen LogP contribution in [-0.2, 0) is 12.0 Å². The Morgan fingerprint density at radius 2 is 2.10 bits per heavy atom. The molecule has 5 rings (SSSR count). The number of nitrogens with one attached hydrogen (secondary N) is 3. The smallest absolute Gasteiger partial charge is 0.293 e. The van der Waals surface area contributed by atoms with Gasteiger partial charge in [0.15, 0.2) is 0 Å². The first kappa shape index (κ1) is 27.4. The summed E-state index contributed by atoms with van der Waals surface area (Å²) in [4.78, 5) is 28.7. The van der Waals surface area contributed by atoms with E-state index in [9.17, 15) is 9.90 Å². The van der Waals surface area contributed by atoms with Crippen molar-refractivity contribution in [3.8, 4) is 11.3 Å². The van der Waals surface area contributed by atoms with Gasteiger partial charge >= 0.3 is 0 Å². The molecule has 4 heterocycles. The van der Waals surface area contributed by atoms with Crippen molar-refractivity contribution < 1.29 is 14.4 Å². The largest absolute Gasteiger partial charge is 0.392 e. The van der Waals surface area contributed by atoms with Crippen LogP contribution in [0.1, 0.15) is 73.5 Å². The number of aromatic nitrogens is 6. The second-order valence-electron chi connectivity index (χ2n) is 11.3. The van der Waals surface area contributed by atoms with Gasteiger partial charge in [0, 0.05) is 36.8 Å². The number of anilines is 2. The van der Waals surface area contributed by atoms with Crippen LogP contribution in [0.2, 0.25) is 0 Å². The molecule has 0 saturated carbocycles. The molecule has 12 nitrogen and oxygen atoms in total. The number of aryl methyl sites for hydroxylation is 1. The Hall–Kier alpha value is -4.16. The minimum absolute atomic E-state index is 0.0158. The number of aliphatic hydroxyl groups excluding tert-OH is 1. The van der Waals surface area contributed by atoms with E-state index in [1.165, 1.54) is 0 Å². The van der Waals surface area contributed by atoms with Gasteiger partial charge in [-0.15, -0.1) is 0 Å². The third-order valence-electron chi connectivity index (χ3n) is 6.77. The average Bonchev–Trinajstić information content (AvgIpc) is 3.52. The van der Waals surface area contributed by atoms with Crippen molar-refractivity contribution in [1.29, 1.82) is 0 Å². The fraction of sp³-hybridized carbons (Fsp3) is 0.429. The van der Waals surface area contributed by atoms with E-state index < -0.39 is 6.10 Å². The Morgan fingerprint density at radius 3 is 2.80 bits per heavy atom. The number of hydrogen-bond acceptors (Lipinski definition) is 10. The molecular formula is C28H35N9O3. The molecule has 0 spiro atoms. The number of aliphatic hydroxyl groups is 1. The molecule has 4 aromatic rings. The van der Waals surface area contributed by atoms with Crippen LogP contribution in [0.4, 0.5) is 11.6 Å². The normalized spacial score (nSPS) is 16.7. The number of hydrogen-bond donors (Lipinski definition) is 4. The van der Waals surface area contributed by atoms with Gasteiger partial charge in [-0.3, -0.25) is 14.8 Å². The molecule has 1 aromatic carbocycles. The number of benzene rings is 1. The van der Waals surface area contributed by atoms with Crippen LogP contribution in [0.15, 0.2) is 41.2 Å². The van der Waals surface area contributed by atoms with Crippen molar-refractivity contribution in [2.75, 3.05) is 18.4 Å². The van der Waals surface area contributed by atoms with Gasteiger partial charge in [-0.25, -0.2) is 9.97 Å². The summed E-state index contributed by atoms with van der Waals surface area (Å²) in [5, 5.41) is 27.2. The van der Waals surface area contributed by atoms with Crippen molar-refractivity contribution in [3.05, 3.63) is 65.2 Å². The summed E-state index contributed by atoms with van der Waals surface area (Å²) in [6.45, 7) is 11.4. The lowest BCUT2D eigenvalue weighted by Gasteiger charge is -2.22. The lowest BCUT2D eigenvalue weighted by atomic mass is 9.96. The van der Waals surface area contributed by atoms with Gasteiger partial charge < -0.3 is 20.3 Å². The fourth-order valence-corrected chi connectivity index (χ4v) is 4.73. The molecule has 0 aliphatic carbocycles. The van der Waals surface area contributed by atoms with E-state index in [0.717, 1.165) is 33.8 Å². The number of nitrogens with zero attached hydrogens (tertiary/aromatic N) is 6. The molecule has 1 amide bonds. The van der Waals surface area contributed by atoms with Crippen LogP contribution in [0.25, 0.3) is 11.3 Å². The highest BCUT2D eigenvalue weighted by Crippen LogP contribution is 2.31. The highest BCUT2D eigenvalue weighted by molar-refractivity contribution is 5.90. The van der Waals surface area contributed by atoms with E-state index in [-0.39, 0.29) is 23.2 Å². The molecular weight excluding hydrogens is 510 g/mol. The monoisotopic (exact) mass is 545 g/mol. The Balaban J connectivity index is 1.43. The van der Waals surface area contributed by atoms with E-state index in [4.69, 9.17) is 9.51 Å². The SMILES string of the molecule is Cc1[nH]ncc1Nc1nccc(-c2ccc3c(c2)CN(C[C@@H](C)O)CCC3NC(=O)c2noc(C(C)(C)C)n2)n1.